The van der Waals surface area contributed by atoms with Gasteiger partial charge in [-0.15, -0.1) is 5.10 Å². The second kappa shape index (κ2) is 9.77. The van der Waals surface area contributed by atoms with Gasteiger partial charge in [0.2, 0.25) is 5.95 Å². The van der Waals surface area contributed by atoms with Crippen LogP contribution in [0.5, 0.6) is 0 Å². The molecule has 0 unspecified atom stereocenters. The van der Waals surface area contributed by atoms with Crippen molar-refractivity contribution in [2.75, 3.05) is 36.5 Å². The highest BCUT2D eigenvalue weighted by Crippen LogP contribution is 2.30. The van der Waals surface area contributed by atoms with Crippen LogP contribution in [0.4, 0.5) is 30.6 Å². The number of fused-ring (bicyclic) bond motifs is 1. The van der Waals surface area contributed by atoms with Crippen molar-refractivity contribution in [3.8, 4) is 11.3 Å². The predicted molar refractivity (Wildman–Crippen MR) is 144 cm³/mol. The van der Waals surface area contributed by atoms with Crippen LogP contribution in [0.3, 0.4) is 0 Å². The Morgan fingerprint density at radius 3 is 2.38 bits per heavy atom. The van der Waals surface area contributed by atoms with E-state index in [1.165, 1.54) is 0 Å². The third-order valence-electron chi connectivity index (χ3n) is 6.78. The van der Waals surface area contributed by atoms with Gasteiger partial charge >= 0.3 is 6.18 Å². The summed E-state index contributed by atoms with van der Waals surface area (Å²) in [4.78, 5) is 11.7. The van der Waals surface area contributed by atoms with Gasteiger partial charge in [-0.3, -0.25) is 4.68 Å². The van der Waals surface area contributed by atoms with Crippen LogP contribution in [0.25, 0.3) is 22.2 Å². The molecule has 2 aromatic heterocycles. The van der Waals surface area contributed by atoms with Gasteiger partial charge in [0.1, 0.15) is 11.5 Å². The topological polar surface area (TPSA) is 92.8 Å². The molecule has 0 atom stereocenters. The maximum absolute atomic E-state index is 12.9. The molecule has 6 rings (SSSR count). The Kier molecular flexibility index (Phi) is 6.26. The van der Waals surface area contributed by atoms with Gasteiger partial charge in [-0.05, 0) is 30.7 Å². The number of aromatic nitrogens is 4. The number of nitrogens with one attached hydrogen (secondary N) is 1. The van der Waals surface area contributed by atoms with E-state index in [2.05, 4.69) is 37.7 Å². The lowest BCUT2D eigenvalue weighted by Crippen LogP contribution is -2.37. The van der Waals surface area contributed by atoms with Gasteiger partial charge in [-0.1, -0.05) is 24.3 Å². The smallest absolute Gasteiger partial charge is 0.378 e. The average Bonchev–Trinajstić information content (AvgIpc) is 3.54. The van der Waals surface area contributed by atoms with Crippen LogP contribution in [-0.2, 0) is 11.8 Å². The van der Waals surface area contributed by atoms with Crippen LogP contribution in [0.2, 0.25) is 0 Å². The Morgan fingerprint density at radius 2 is 1.67 bits per heavy atom. The summed E-state index contributed by atoms with van der Waals surface area (Å²) in [6.07, 6.45) is -4.81. The first-order valence-electron chi connectivity index (χ1n) is 12.5. The van der Waals surface area contributed by atoms with E-state index in [0.717, 1.165) is 33.5 Å². The molecular weight excluding hydrogens is 509 g/mol. The minimum Gasteiger partial charge on any atom is -0.378 e. The fourth-order valence-electron chi connectivity index (χ4n) is 4.71. The molecule has 0 amide bonds. The molecule has 2 aromatic carbocycles. The van der Waals surface area contributed by atoms with Gasteiger partial charge < -0.3 is 15.0 Å². The highest BCUT2D eigenvalue weighted by atomic mass is 19.4. The first-order valence-corrected chi connectivity index (χ1v) is 12.5. The Morgan fingerprint density at radius 1 is 0.923 bits per heavy atom. The van der Waals surface area contributed by atoms with E-state index in [1.807, 2.05) is 30.8 Å². The maximum Gasteiger partial charge on any atom is 0.431 e. The van der Waals surface area contributed by atoms with E-state index >= 15 is 0 Å². The highest BCUT2D eigenvalue weighted by Gasteiger charge is 2.38. The number of aryl methyl sites for hydroxylation is 2. The van der Waals surface area contributed by atoms with Crippen LogP contribution in [0, 0.1) is 6.92 Å². The van der Waals surface area contributed by atoms with Gasteiger partial charge in [-0.25, -0.2) is 4.98 Å². The van der Waals surface area contributed by atoms with Crippen LogP contribution in [0.1, 0.15) is 17.7 Å². The Hall–Kier alpha value is -4.32. The maximum atomic E-state index is 12.9. The number of hydrogen-bond donors (Lipinski definition) is 1. The van der Waals surface area contributed by atoms with Crippen molar-refractivity contribution in [1.82, 2.24) is 19.7 Å². The fraction of sp³-hybridized carbons (Fsp3) is 0.296. The molecule has 1 saturated heterocycles. The van der Waals surface area contributed by atoms with Gasteiger partial charge in [0.25, 0.3) is 0 Å². The number of nitrogens with zero attached hydrogens (tertiary/aromatic N) is 7. The van der Waals surface area contributed by atoms with Gasteiger partial charge in [0.15, 0.2) is 0 Å². The van der Waals surface area contributed by atoms with Gasteiger partial charge in [-0.2, -0.15) is 28.4 Å². The molecule has 9 nitrogen and oxygen atoms in total. The zero-order chi connectivity index (χ0) is 27.1. The van der Waals surface area contributed by atoms with Gasteiger partial charge in [0, 0.05) is 49.3 Å². The summed E-state index contributed by atoms with van der Waals surface area (Å²) in [5.74, 6) is 1.18. The predicted octanol–water partition coefficient (Wildman–Crippen LogP) is 5.03. The van der Waals surface area contributed by atoms with Crippen molar-refractivity contribution < 1.29 is 17.9 Å². The normalized spacial score (nSPS) is 16.0. The van der Waals surface area contributed by atoms with Gasteiger partial charge in [0.05, 0.1) is 35.8 Å². The largest absolute Gasteiger partial charge is 0.431 e. The van der Waals surface area contributed by atoms with E-state index in [0.29, 0.717) is 43.6 Å². The zero-order valence-electron chi connectivity index (χ0n) is 21.3. The first-order chi connectivity index (χ1) is 18.7. The summed E-state index contributed by atoms with van der Waals surface area (Å²) in [5.41, 5.74) is 4.37. The summed E-state index contributed by atoms with van der Waals surface area (Å²) in [7, 11) is 1.92. The van der Waals surface area contributed by atoms with E-state index < -0.39 is 11.9 Å². The van der Waals surface area contributed by atoms with E-state index in [9.17, 15) is 13.2 Å². The van der Waals surface area contributed by atoms with E-state index in [-0.39, 0.29) is 12.1 Å². The first kappa shape index (κ1) is 25.0. The summed E-state index contributed by atoms with van der Waals surface area (Å²) in [6, 6.07) is 15.0. The molecule has 1 N–H and O–H groups in total. The lowest BCUT2D eigenvalue weighted by molar-refractivity contribution is -0.0596. The minimum atomic E-state index is -4.48. The third kappa shape index (κ3) is 5.07. The number of anilines is 3. The SMILES string of the molecule is Cc1nn(C)c2cc(-c3cc(Nc4ccc(C5=NN=C(C(F)(F)F)C5)cc4)nc(N4CCOCC4)n3)ccc12. The summed E-state index contributed by atoms with van der Waals surface area (Å²) >= 11 is 0. The number of halogens is 3. The fourth-order valence-corrected chi connectivity index (χ4v) is 4.71. The molecule has 39 heavy (non-hydrogen) atoms. The molecule has 0 aliphatic carbocycles. The average molecular weight is 535 g/mol. The molecule has 1 fully saturated rings. The monoisotopic (exact) mass is 534 g/mol. The number of rotatable bonds is 5. The number of benzene rings is 2. The standard InChI is InChI=1S/C27H25F3N8O/c1-16-20-8-5-18(13-23(20)37(2)36-16)21-15-25(33-26(32-21)38-9-11-39-12-10-38)31-19-6-3-17(4-7-19)22-14-24(35-34-22)27(28,29)30/h3-8,13,15H,9-12,14H2,1-2H3,(H,31,32,33). The van der Waals surface area contributed by atoms with Crippen LogP contribution in [-0.4, -0.2) is 63.7 Å². The molecular formula is C27H25F3N8O. The van der Waals surface area contributed by atoms with Crippen molar-refractivity contribution in [2.24, 2.45) is 17.3 Å². The molecule has 0 saturated carbocycles. The van der Waals surface area contributed by atoms with E-state index in [1.54, 1.807) is 24.3 Å². The lowest BCUT2D eigenvalue weighted by Gasteiger charge is -2.27. The Balaban J connectivity index is 1.29. The molecule has 0 spiro atoms. The second-order valence-corrected chi connectivity index (χ2v) is 9.45. The van der Waals surface area contributed by atoms with Crippen molar-refractivity contribution in [3.05, 3.63) is 59.8 Å². The summed E-state index contributed by atoms with van der Waals surface area (Å²) in [5, 5.41) is 16.0. The molecule has 12 heteroatoms. The number of ether oxygens (including phenoxy) is 1. The molecule has 4 heterocycles. The Bertz CT molecular complexity index is 1600. The zero-order valence-corrected chi connectivity index (χ0v) is 21.3. The minimum absolute atomic E-state index is 0.286. The highest BCUT2D eigenvalue weighted by molar-refractivity contribution is 6.16. The number of hydrogen-bond acceptors (Lipinski definition) is 8. The third-order valence-corrected chi connectivity index (χ3v) is 6.78. The van der Waals surface area contributed by atoms with Crippen LogP contribution in [0.15, 0.2) is 58.7 Å². The summed E-state index contributed by atoms with van der Waals surface area (Å²) < 4.78 is 46.2. The molecule has 0 radical (unpaired) electrons. The summed E-state index contributed by atoms with van der Waals surface area (Å²) in [6.45, 7) is 4.55. The number of alkyl halides is 3. The Labute approximate surface area is 222 Å². The molecule has 200 valence electrons. The van der Waals surface area contributed by atoms with E-state index in [4.69, 9.17) is 14.7 Å². The second-order valence-electron chi connectivity index (χ2n) is 9.45. The van der Waals surface area contributed by atoms with Crippen LogP contribution >= 0.6 is 0 Å². The van der Waals surface area contributed by atoms with Crippen molar-refractivity contribution in [1.29, 1.82) is 0 Å². The molecule has 0 bridgehead atoms. The quantitative estimate of drug-likeness (QED) is 0.386. The number of morpholine rings is 1. The van der Waals surface area contributed by atoms with Crippen molar-refractivity contribution in [3.63, 3.8) is 0 Å². The van der Waals surface area contributed by atoms with Crippen LogP contribution < -0.4 is 10.2 Å². The lowest BCUT2D eigenvalue weighted by atomic mass is 10.0. The molecule has 2 aliphatic rings. The molecule has 2 aliphatic heterocycles. The van der Waals surface area contributed by atoms with Crippen molar-refractivity contribution in [2.45, 2.75) is 19.5 Å². The van der Waals surface area contributed by atoms with Crippen molar-refractivity contribution >= 4 is 39.8 Å². The molecule has 4 aromatic rings.